The molecule has 1 aliphatic carbocycles. The number of nitrogens with zero attached hydrogens (tertiary/aromatic N) is 2. The zero-order chi connectivity index (χ0) is 31.3. The highest BCUT2D eigenvalue weighted by Gasteiger charge is 2.29. The molecule has 2 aliphatic rings. The molecule has 2 heterocycles. The van der Waals surface area contributed by atoms with Gasteiger partial charge in [0, 0.05) is 48.2 Å². The SMILES string of the molecule is CN(C)CC1Cc2ccccc2N(C(=O)CCc2c[nH]c3ccccc23)C1.NC(=O)OCC1c2ccccc2-c2ccccc21. The van der Waals surface area contributed by atoms with Crippen LogP contribution >= 0.6 is 0 Å². The maximum absolute atomic E-state index is 13.1. The molecule has 1 aromatic heterocycles. The number of hydrogen-bond acceptors (Lipinski definition) is 4. The minimum atomic E-state index is -0.725. The minimum Gasteiger partial charge on any atom is -0.449 e. The van der Waals surface area contributed by atoms with E-state index in [0.717, 1.165) is 37.1 Å². The normalized spacial score (nSPS) is 15.2. The lowest BCUT2D eigenvalue weighted by Gasteiger charge is -2.36. The third-order valence-corrected chi connectivity index (χ3v) is 8.79. The Kier molecular flexibility index (Phi) is 8.98. The number of aryl methyl sites for hydroxylation is 1. The molecule has 0 bridgehead atoms. The predicted molar refractivity (Wildman–Crippen MR) is 180 cm³/mol. The van der Waals surface area contributed by atoms with E-state index in [4.69, 9.17) is 10.5 Å². The summed E-state index contributed by atoms with van der Waals surface area (Å²) in [7, 11) is 4.20. The molecule has 1 aliphatic heterocycles. The van der Waals surface area contributed by atoms with E-state index in [1.165, 1.54) is 38.8 Å². The number of para-hydroxylation sites is 2. The number of hydrogen-bond donors (Lipinski definition) is 2. The Morgan fingerprint density at radius 3 is 2.24 bits per heavy atom. The topological polar surface area (TPSA) is 91.7 Å². The van der Waals surface area contributed by atoms with Crippen molar-refractivity contribution in [3.8, 4) is 11.1 Å². The van der Waals surface area contributed by atoms with Gasteiger partial charge in [-0.2, -0.15) is 0 Å². The number of amides is 2. The second-order valence-corrected chi connectivity index (χ2v) is 12.2. The van der Waals surface area contributed by atoms with E-state index in [2.05, 4.69) is 78.6 Å². The number of nitrogens with two attached hydrogens (primary N) is 1. The van der Waals surface area contributed by atoms with E-state index >= 15 is 0 Å². The highest BCUT2D eigenvalue weighted by Crippen LogP contribution is 2.44. The molecule has 7 nitrogen and oxygen atoms in total. The van der Waals surface area contributed by atoms with Crippen LogP contribution in [0.15, 0.2) is 103 Å². The largest absolute Gasteiger partial charge is 0.449 e. The average Bonchev–Trinajstić information content (AvgIpc) is 3.61. The maximum atomic E-state index is 13.1. The molecule has 4 aromatic carbocycles. The van der Waals surface area contributed by atoms with Crippen molar-refractivity contribution in [3.63, 3.8) is 0 Å². The number of carbonyl (C=O) groups is 2. The van der Waals surface area contributed by atoms with Gasteiger partial charge in [0.05, 0.1) is 0 Å². The van der Waals surface area contributed by atoms with Crippen molar-refractivity contribution < 1.29 is 14.3 Å². The first kappa shape index (κ1) is 30.2. The molecule has 230 valence electrons. The summed E-state index contributed by atoms with van der Waals surface area (Å²) in [6.45, 7) is 2.10. The van der Waals surface area contributed by atoms with E-state index in [1.807, 2.05) is 53.6 Å². The molecule has 45 heavy (non-hydrogen) atoms. The number of carbonyl (C=O) groups excluding carboxylic acids is 2. The lowest BCUT2D eigenvalue weighted by molar-refractivity contribution is -0.118. The summed E-state index contributed by atoms with van der Waals surface area (Å²) >= 11 is 0. The summed E-state index contributed by atoms with van der Waals surface area (Å²) in [5.74, 6) is 0.785. The van der Waals surface area contributed by atoms with E-state index in [9.17, 15) is 9.59 Å². The zero-order valence-corrected chi connectivity index (χ0v) is 25.9. The first-order valence-corrected chi connectivity index (χ1v) is 15.6. The van der Waals surface area contributed by atoms with Gasteiger partial charge in [-0.3, -0.25) is 4.79 Å². The molecule has 2 amide bonds. The molecule has 0 radical (unpaired) electrons. The zero-order valence-electron chi connectivity index (χ0n) is 25.9. The number of aromatic amines is 1. The first-order chi connectivity index (χ1) is 21.9. The number of ether oxygens (including phenoxy) is 1. The van der Waals surface area contributed by atoms with Crippen LogP contribution in [-0.2, 0) is 22.4 Å². The number of nitrogens with one attached hydrogen (secondary N) is 1. The molecule has 7 rings (SSSR count). The van der Waals surface area contributed by atoms with Gasteiger partial charge < -0.3 is 25.3 Å². The second kappa shape index (κ2) is 13.4. The van der Waals surface area contributed by atoms with Crippen molar-refractivity contribution in [2.75, 3.05) is 38.7 Å². The maximum Gasteiger partial charge on any atom is 0.404 e. The Hall–Kier alpha value is -4.88. The summed E-state index contributed by atoms with van der Waals surface area (Å²) in [5, 5.41) is 1.22. The molecule has 0 saturated heterocycles. The Labute approximate surface area is 264 Å². The Bertz CT molecular complexity index is 1760. The van der Waals surface area contributed by atoms with Gasteiger partial charge in [-0.25, -0.2) is 4.79 Å². The molecule has 5 aromatic rings. The van der Waals surface area contributed by atoms with Crippen molar-refractivity contribution in [1.82, 2.24) is 9.88 Å². The fourth-order valence-corrected chi connectivity index (χ4v) is 6.87. The van der Waals surface area contributed by atoms with Gasteiger partial charge in [-0.1, -0.05) is 84.9 Å². The van der Waals surface area contributed by atoms with Crippen LogP contribution in [0.4, 0.5) is 10.5 Å². The van der Waals surface area contributed by atoms with Gasteiger partial charge in [-0.15, -0.1) is 0 Å². The molecule has 0 spiro atoms. The first-order valence-electron chi connectivity index (χ1n) is 15.6. The lowest BCUT2D eigenvalue weighted by Crippen LogP contribution is -2.43. The van der Waals surface area contributed by atoms with Crippen molar-refractivity contribution in [2.45, 2.75) is 25.2 Å². The van der Waals surface area contributed by atoms with Crippen molar-refractivity contribution in [1.29, 1.82) is 0 Å². The van der Waals surface area contributed by atoms with E-state index in [1.54, 1.807) is 0 Å². The fourth-order valence-electron chi connectivity index (χ4n) is 6.87. The van der Waals surface area contributed by atoms with Gasteiger partial charge in [0.15, 0.2) is 0 Å². The predicted octanol–water partition coefficient (Wildman–Crippen LogP) is 6.76. The van der Waals surface area contributed by atoms with Gasteiger partial charge in [0.2, 0.25) is 5.91 Å². The van der Waals surface area contributed by atoms with Crippen LogP contribution in [-0.4, -0.2) is 55.7 Å². The van der Waals surface area contributed by atoms with Crippen molar-refractivity contribution in [3.05, 3.63) is 126 Å². The van der Waals surface area contributed by atoms with Crippen LogP contribution in [0.5, 0.6) is 0 Å². The number of primary amides is 1. The number of rotatable bonds is 7. The number of H-pyrrole nitrogens is 1. The number of anilines is 1. The third-order valence-electron chi connectivity index (χ3n) is 8.79. The van der Waals surface area contributed by atoms with Gasteiger partial charge >= 0.3 is 6.09 Å². The highest BCUT2D eigenvalue weighted by molar-refractivity contribution is 5.95. The average molecular weight is 601 g/mol. The Morgan fingerprint density at radius 2 is 1.53 bits per heavy atom. The monoisotopic (exact) mass is 600 g/mol. The minimum absolute atomic E-state index is 0.0879. The summed E-state index contributed by atoms with van der Waals surface area (Å²) in [6, 6.07) is 33.0. The smallest absolute Gasteiger partial charge is 0.404 e. The summed E-state index contributed by atoms with van der Waals surface area (Å²) in [6.07, 6.45) is 3.65. The standard InChI is InChI=1S/C23H27N3O.C15H13NO2/c1-25(2)15-17-13-18-7-3-6-10-22(18)26(16-17)23(27)12-11-19-14-24-21-9-5-4-8-20(19)21;16-15(17)18-9-14-12-7-3-1-5-10(12)11-6-2-4-8-13(11)14/h3-10,14,17,24H,11-13,15-16H2,1-2H3;1-8,14H,9H2,(H2,16,17). The number of fused-ring (bicyclic) bond motifs is 5. The quantitative estimate of drug-likeness (QED) is 0.216. The second-order valence-electron chi connectivity index (χ2n) is 12.2. The Morgan fingerprint density at radius 1 is 0.889 bits per heavy atom. The van der Waals surface area contributed by atoms with Gasteiger partial charge in [0.25, 0.3) is 0 Å². The van der Waals surface area contributed by atoms with Gasteiger partial charge in [0.1, 0.15) is 6.61 Å². The van der Waals surface area contributed by atoms with Crippen LogP contribution in [0.1, 0.15) is 34.6 Å². The summed E-state index contributed by atoms with van der Waals surface area (Å²) in [5.41, 5.74) is 14.6. The van der Waals surface area contributed by atoms with E-state index in [0.29, 0.717) is 18.9 Å². The molecule has 1 unspecified atom stereocenters. The highest BCUT2D eigenvalue weighted by atomic mass is 16.5. The van der Waals surface area contributed by atoms with Crippen LogP contribution in [0, 0.1) is 5.92 Å². The fraction of sp³-hybridized carbons (Fsp3) is 0.263. The van der Waals surface area contributed by atoms with Crippen LogP contribution in [0.2, 0.25) is 0 Å². The van der Waals surface area contributed by atoms with Gasteiger partial charge in [-0.05, 0) is 78.4 Å². The van der Waals surface area contributed by atoms with E-state index in [-0.39, 0.29) is 11.8 Å². The molecule has 0 saturated carbocycles. The molecule has 0 fully saturated rings. The van der Waals surface area contributed by atoms with Crippen molar-refractivity contribution in [2.24, 2.45) is 11.7 Å². The lowest BCUT2D eigenvalue weighted by atomic mass is 9.91. The number of benzene rings is 4. The molecule has 3 N–H and O–H groups in total. The van der Waals surface area contributed by atoms with Crippen molar-refractivity contribution >= 4 is 28.6 Å². The third kappa shape index (κ3) is 6.64. The van der Waals surface area contributed by atoms with Crippen LogP contribution < -0.4 is 10.6 Å². The van der Waals surface area contributed by atoms with Crippen LogP contribution in [0.3, 0.4) is 0 Å². The van der Waals surface area contributed by atoms with Crippen LogP contribution in [0.25, 0.3) is 22.0 Å². The molecule has 1 atom stereocenters. The van der Waals surface area contributed by atoms with E-state index < -0.39 is 6.09 Å². The Balaban J connectivity index is 0.000000172. The molecule has 7 heteroatoms. The molecular formula is C38H40N4O3. The summed E-state index contributed by atoms with van der Waals surface area (Å²) < 4.78 is 4.98. The number of aromatic nitrogens is 1. The summed E-state index contributed by atoms with van der Waals surface area (Å²) in [4.78, 5) is 31.4. The molecular weight excluding hydrogens is 560 g/mol.